The summed E-state index contributed by atoms with van der Waals surface area (Å²) in [6.07, 6.45) is -0.434. The molecule has 0 heterocycles. The maximum atomic E-state index is 11.2. The van der Waals surface area contributed by atoms with Crippen molar-refractivity contribution in [3.05, 3.63) is 28.8 Å². The van der Waals surface area contributed by atoms with Crippen LogP contribution in [0.3, 0.4) is 0 Å². The van der Waals surface area contributed by atoms with Gasteiger partial charge in [0.05, 0.1) is 5.02 Å². The van der Waals surface area contributed by atoms with Crippen LogP contribution in [0.25, 0.3) is 0 Å². The molecule has 0 aliphatic carbocycles. The molecule has 1 amide bonds. The van der Waals surface area contributed by atoms with Crippen molar-refractivity contribution in [2.45, 2.75) is 6.92 Å². The summed E-state index contributed by atoms with van der Waals surface area (Å²) >= 11 is 5.88. The predicted molar refractivity (Wildman–Crippen MR) is 55.9 cm³/mol. The minimum absolute atomic E-state index is 0.385. The van der Waals surface area contributed by atoms with Gasteiger partial charge in [0, 0.05) is 14.1 Å². The van der Waals surface area contributed by atoms with E-state index >= 15 is 0 Å². The molecule has 0 aromatic heterocycles. The summed E-state index contributed by atoms with van der Waals surface area (Å²) in [6, 6.07) is 5.27. The van der Waals surface area contributed by atoms with Crippen LogP contribution in [-0.4, -0.2) is 25.1 Å². The Labute approximate surface area is 88.2 Å². The van der Waals surface area contributed by atoms with Gasteiger partial charge in [-0.3, -0.25) is 0 Å². The van der Waals surface area contributed by atoms with E-state index in [0.717, 1.165) is 5.56 Å². The number of nitrogens with zero attached hydrogens (tertiary/aromatic N) is 1. The van der Waals surface area contributed by atoms with E-state index in [1.54, 1.807) is 26.2 Å². The second-order valence-corrected chi connectivity index (χ2v) is 3.60. The van der Waals surface area contributed by atoms with Gasteiger partial charge in [-0.2, -0.15) is 0 Å². The van der Waals surface area contributed by atoms with Crippen LogP contribution < -0.4 is 4.74 Å². The topological polar surface area (TPSA) is 29.5 Å². The first-order valence-electron chi connectivity index (χ1n) is 4.16. The van der Waals surface area contributed by atoms with E-state index in [-0.39, 0.29) is 0 Å². The Hall–Kier alpha value is -1.22. The molecule has 0 saturated carbocycles. The van der Waals surface area contributed by atoms with Crippen molar-refractivity contribution in [3.8, 4) is 5.75 Å². The molecule has 0 atom stereocenters. The second kappa shape index (κ2) is 4.33. The maximum Gasteiger partial charge on any atom is 0.414 e. The largest absolute Gasteiger partial charge is 0.414 e. The van der Waals surface area contributed by atoms with Gasteiger partial charge in [-0.05, 0) is 24.6 Å². The van der Waals surface area contributed by atoms with Gasteiger partial charge >= 0.3 is 6.09 Å². The van der Waals surface area contributed by atoms with E-state index in [0.29, 0.717) is 10.8 Å². The van der Waals surface area contributed by atoms with E-state index in [2.05, 4.69) is 0 Å². The van der Waals surface area contributed by atoms with Crippen LogP contribution in [0.2, 0.25) is 5.02 Å². The Morgan fingerprint density at radius 1 is 1.43 bits per heavy atom. The Morgan fingerprint density at radius 3 is 2.57 bits per heavy atom. The smallest absolute Gasteiger partial charge is 0.409 e. The lowest BCUT2D eigenvalue weighted by atomic mass is 10.2. The second-order valence-electron chi connectivity index (χ2n) is 3.20. The Morgan fingerprint density at radius 2 is 2.07 bits per heavy atom. The number of ether oxygens (including phenoxy) is 1. The van der Waals surface area contributed by atoms with Crippen LogP contribution in [0.1, 0.15) is 5.56 Å². The van der Waals surface area contributed by atoms with Crippen LogP contribution in [-0.2, 0) is 0 Å². The minimum Gasteiger partial charge on any atom is -0.409 e. The number of rotatable bonds is 1. The SMILES string of the molecule is Cc1ccc(OC(=O)N(C)C)c(Cl)c1. The number of amides is 1. The third-order valence-corrected chi connectivity index (χ3v) is 1.95. The monoisotopic (exact) mass is 213 g/mol. The van der Waals surface area contributed by atoms with E-state index in [9.17, 15) is 4.79 Å². The summed E-state index contributed by atoms with van der Waals surface area (Å²) in [5.41, 5.74) is 1.03. The minimum atomic E-state index is -0.434. The van der Waals surface area contributed by atoms with Crippen molar-refractivity contribution in [1.82, 2.24) is 4.90 Å². The number of carbonyl (C=O) groups is 1. The van der Waals surface area contributed by atoms with Gasteiger partial charge < -0.3 is 9.64 Å². The number of aryl methyl sites for hydroxylation is 1. The van der Waals surface area contributed by atoms with Crippen molar-refractivity contribution in [2.75, 3.05) is 14.1 Å². The summed E-state index contributed by atoms with van der Waals surface area (Å²) in [5, 5.41) is 0.445. The van der Waals surface area contributed by atoms with E-state index < -0.39 is 6.09 Å². The molecule has 1 rings (SSSR count). The van der Waals surface area contributed by atoms with Crippen LogP contribution >= 0.6 is 11.6 Å². The molecule has 0 aliphatic heterocycles. The Balaban J connectivity index is 2.82. The zero-order valence-corrected chi connectivity index (χ0v) is 9.13. The molecule has 0 unspecified atom stereocenters. The molecule has 0 aliphatic rings. The number of hydrogen-bond acceptors (Lipinski definition) is 2. The number of benzene rings is 1. The molecule has 1 aromatic rings. The lowest BCUT2D eigenvalue weighted by Crippen LogP contribution is -2.25. The summed E-state index contributed by atoms with van der Waals surface area (Å²) < 4.78 is 5.02. The molecule has 76 valence electrons. The molecular formula is C10H12ClNO2. The first-order chi connectivity index (χ1) is 6.50. The molecular weight excluding hydrogens is 202 g/mol. The van der Waals surface area contributed by atoms with Gasteiger partial charge in [0.2, 0.25) is 0 Å². The zero-order valence-electron chi connectivity index (χ0n) is 8.37. The van der Waals surface area contributed by atoms with Gasteiger partial charge in [-0.15, -0.1) is 0 Å². The third kappa shape index (κ3) is 2.64. The van der Waals surface area contributed by atoms with E-state index in [1.165, 1.54) is 4.90 Å². The van der Waals surface area contributed by atoms with Gasteiger partial charge in [-0.1, -0.05) is 17.7 Å². The summed E-state index contributed by atoms with van der Waals surface area (Å²) in [5.74, 6) is 0.385. The molecule has 3 nitrogen and oxygen atoms in total. The Bertz CT molecular complexity index is 350. The molecule has 0 bridgehead atoms. The molecule has 4 heteroatoms. The van der Waals surface area contributed by atoms with Crippen LogP contribution in [0.15, 0.2) is 18.2 Å². The van der Waals surface area contributed by atoms with Crippen LogP contribution in [0, 0.1) is 6.92 Å². The van der Waals surface area contributed by atoms with Gasteiger partial charge in [0.15, 0.2) is 5.75 Å². The van der Waals surface area contributed by atoms with Crippen molar-refractivity contribution in [2.24, 2.45) is 0 Å². The van der Waals surface area contributed by atoms with Crippen molar-refractivity contribution < 1.29 is 9.53 Å². The molecule has 0 radical (unpaired) electrons. The fourth-order valence-corrected chi connectivity index (χ4v) is 1.15. The zero-order chi connectivity index (χ0) is 10.7. The van der Waals surface area contributed by atoms with E-state index in [1.807, 2.05) is 13.0 Å². The fraction of sp³-hybridized carbons (Fsp3) is 0.300. The highest BCUT2D eigenvalue weighted by Crippen LogP contribution is 2.25. The summed E-state index contributed by atoms with van der Waals surface area (Å²) in [7, 11) is 3.23. The third-order valence-electron chi connectivity index (χ3n) is 1.65. The van der Waals surface area contributed by atoms with Crippen molar-refractivity contribution in [3.63, 3.8) is 0 Å². The first-order valence-corrected chi connectivity index (χ1v) is 4.54. The molecule has 14 heavy (non-hydrogen) atoms. The first kappa shape index (κ1) is 10.9. The molecule has 0 saturated heterocycles. The average molecular weight is 214 g/mol. The van der Waals surface area contributed by atoms with Crippen molar-refractivity contribution >= 4 is 17.7 Å². The van der Waals surface area contributed by atoms with E-state index in [4.69, 9.17) is 16.3 Å². The van der Waals surface area contributed by atoms with Crippen LogP contribution in [0.4, 0.5) is 4.79 Å². The molecule has 0 N–H and O–H groups in total. The summed E-state index contributed by atoms with van der Waals surface area (Å²) in [6.45, 7) is 1.92. The normalized spacial score (nSPS) is 9.71. The number of halogens is 1. The molecule has 0 fully saturated rings. The quantitative estimate of drug-likeness (QED) is 0.718. The number of carbonyl (C=O) groups excluding carboxylic acids is 1. The summed E-state index contributed by atoms with van der Waals surface area (Å²) in [4.78, 5) is 12.5. The number of hydrogen-bond donors (Lipinski definition) is 0. The van der Waals surface area contributed by atoms with Crippen molar-refractivity contribution in [1.29, 1.82) is 0 Å². The molecule has 0 spiro atoms. The fourth-order valence-electron chi connectivity index (χ4n) is 0.874. The van der Waals surface area contributed by atoms with Crippen LogP contribution in [0.5, 0.6) is 5.75 Å². The lowest BCUT2D eigenvalue weighted by Gasteiger charge is -2.11. The maximum absolute atomic E-state index is 11.2. The van der Waals surface area contributed by atoms with Gasteiger partial charge in [0.1, 0.15) is 0 Å². The highest BCUT2D eigenvalue weighted by molar-refractivity contribution is 6.32. The average Bonchev–Trinajstić information content (AvgIpc) is 2.09. The lowest BCUT2D eigenvalue weighted by molar-refractivity contribution is 0.172. The Kier molecular flexibility index (Phi) is 3.36. The molecule has 1 aromatic carbocycles. The highest BCUT2D eigenvalue weighted by atomic mass is 35.5. The van der Waals surface area contributed by atoms with Gasteiger partial charge in [-0.25, -0.2) is 4.79 Å². The highest BCUT2D eigenvalue weighted by Gasteiger charge is 2.09. The van der Waals surface area contributed by atoms with Gasteiger partial charge in [0.25, 0.3) is 0 Å². The standard InChI is InChI=1S/C10H12ClNO2/c1-7-4-5-9(8(11)6-7)14-10(13)12(2)3/h4-6H,1-3H3. The predicted octanol–water partition coefficient (Wildman–Crippen LogP) is 2.71.